The summed E-state index contributed by atoms with van der Waals surface area (Å²) in [7, 11) is 0. The Morgan fingerprint density at radius 3 is 2.50 bits per heavy atom. The van der Waals surface area contributed by atoms with Gasteiger partial charge in [-0.05, 0) is 105 Å². The summed E-state index contributed by atoms with van der Waals surface area (Å²) in [6, 6.07) is 0. The molecule has 3 heteroatoms. The Morgan fingerprint density at radius 2 is 1.82 bits per heavy atom. The number of carbonyl (C=O) groups is 1. The van der Waals surface area contributed by atoms with Crippen LogP contribution in [0.2, 0.25) is 0 Å². The third-order valence-corrected chi connectivity index (χ3v) is 11.3. The fourth-order valence-corrected chi connectivity index (χ4v) is 9.14. The molecule has 0 unspecified atom stereocenters. The molecule has 0 aromatic carbocycles. The minimum atomic E-state index is -0.599. The summed E-state index contributed by atoms with van der Waals surface area (Å²) in [6.07, 6.45) is 17.0. The van der Waals surface area contributed by atoms with Crippen molar-refractivity contribution in [1.82, 2.24) is 0 Å². The van der Waals surface area contributed by atoms with Gasteiger partial charge in [0.15, 0.2) is 0 Å². The van der Waals surface area contributed by atoms with Crippen molar-refractivity contribution in [2.75, 3.05) is 0 Å². The van der Waals surface area contributed by atoms with Crippen LogP contribution in [0.25, 0.3) is 0 Å². The number of hydrogen-bond donors (Lipinski definition) is 0. The molecule has 0 aromatic heterocycles. The second kappa shape index (κ2) is 9.86. The van der Waals surface area contributed by atoms with E-state index in [1.54, 1.807) is 5.57 Å². The van der Waals surface area contributed by atoms with E-state index in [4.69, 9.17) is 4.74 Å². The van der Waals surface area contributed by atoms with Gasteiger partial charge in [0.1, 0.15) is 10.4 Å². The number of fused-ring (bicyclic) bond motifs is 5. The quantitative estimate of drug-likeness (QED) is 0.185. The minimum absolute atomic E-state index is 0.0524. The fourth-order valence-electron chi connectivity index (χ4n) is 9.04. The smallest absolute Gasteiger partial charge is 0.322 e. The zero-order valence-corrected chi connectivity index (χ0v) is 24.7. The van der Waals surface area contributed by atoms with Crippen LogP contribution in [0.4, 0.5) is 0 Å². The molecule has 2 nitrogen and oxygen atoms in total. The molecule has 8 atom stereocenters. The topological polar surface area (TPSA) is 26.3 Å². The van der Waals surface area contributed by atoms with Crippen LogP contribution in [-0.2, 0) is 9.53 Å². The predicted octanol–water partition coefficient (Wildman–Crippen LogP) is 9.11. The number of carbonyl (C=O) groups excluding carboxylic acids is 1. The molecule has 0 aromatic rings. The summed E-state index contributed by atoms with van der Waals surface area (Å²) < 4.78 is 5.33. The summed E-state index contributed by atoms with van der Waals surface area (Å²) in [4.78, 5) is 12.5. The standard InChI is InChI=1S/C31H51BrO2/c1-20(2)9-8-10-21(3)25-13-14-26-24-12-11-22-19-23(34-28(33)29(4,5)32)15-17-30(22,6)27(24)16-18-31(25,26)7/h11,20-21,23-27H,8-10,12-19H2,1-7H3/t21-,23+,24-,25+,26-,27-,30+,31-/m1/s1. The van der Waals surface area contributed by atoms with Crippen LogP contribution >= 0.6 is 15.9 Å². The number of allylic oxidation sites excluding steroid dienone is 1. The van der Waals surface area contributed by atoms with Crippen molar-refractivity contribution >= 4 is 21.9 Å². The average Bonchev–Trinajstić information content (AvgIpc) is 3.10. The van der Waals surface area contributed by atoms with E-state index >= 15 is 0 Å². The number of hydrogen-bond acceptors (Lipinski definition) is 2. The van der Waals surface area contributed by atoms with Crippen LogP contribution in [-0.4, -0.2) is 16.4 Å². The Balaban J connectivity index is 1.44. The van der Waals surface area contributed by atoms with Crippen molar-refractivity contribution in [3.05, 3.63) is 11.6 Å². The van der Waals surface area contributed by atoms with Crippen molar-refractivity contribution in [2.24, 2.45) is 46.3 Å². The predicted molar refractivity (Wildman–Crippen MR) is 146 cm³/mol. The lowest BCUT2D eigenvalue weighted by atomic mass is 9.47. The number of rotatable bonds is 7. The van der Waals surface area contributed by atoms with Gasteiger partial charge in [-0.25, -0.2) is 0 Å². The van der Waals surface area contributed by atoms with E-state index in [0.29, 0.717) is 10.8 Å². The summed E-state index contributed by atoms with van der Waals surface area (Å²) in [5.41, 5.74) is 2.47. The first-order chi connectivity index (χ1) is 15.9. The Morgan fingerprint density at radius 1 is 1.09 bits per heavy atom. The summed E-state index contributed by atoms with van der Waals surface area (Å²) >= 11 is 3.47. The van der Waals surface area contributed by atoms with Crippen LogP contribution in [0.5, 0.6) is 0 Å². The molecule has 4 aliphatic carbocycles. The third-order valence-electron chi connectivity index (χ3n) is 11.0. The summed E-state index contributed by atoms with van der Waals surface area (Å²) in [6.45, 7) is 16.3. The van der Waals surface area contributed by atoms with E-state index in [1.165, 1.54) is 57.8 Å². The lowest BCUT2D eigenvalue weighted by Gasteiger charge is -2.58. The maximum atomic E-state index is 12.5. The van der Waals surface area contributed by atoms with Crippen molar-refractivity contribution in [3.8, 4) is 0 Å². The molecule has 0 saturated heterocycles. The van der Waals surface area contributed by atoms with E-state index in [-0.39, 0.29) is 12.1 Å². The lowest BCUT2D eigenvalue weighted by molar-refractivity contribution is -0.153. The van der Waals surface area contributed by atoms with Gasteiger partial charge in [-0.15, -0.1) is 0 Å². The molecule has 0 bridgehead atoms. The minimum Gasteiger partial charge on any atom is -0.461 e. The van der Waals surface area contributed by atoms with E-state index in [2.05, 4.69) is 56.6 Å². The highest BCUT2D eigenvalue weighted by Gasteiger charge is 2.59. The number of ether oxygens (including phenoxy) is 1. The average molecular weight is 536 g/mol. The Hall–Kier alpha value is -0.310. The second-order valence-corrected chi connectivity index (χ2v) is 16.0. The number of esters is 1. The van der Waals surface area contributed by atoms with Crippen LogP contribution in [0.1, 0.15) is 119 Å². The van der Waals surface area contributed by atoms with E-state index < -0.39 is 4.32 Å². The Bertz CT molecular complexity index is 779. The van der Waals surface area contributed by atoms with Crippen molar-refractivity contribution in [3.63, 3.8) is 0 Å². The first kappa shape index (κ1) is 26.7. The number of alkyl halides is 1. The van der Waals surface area contributed by atoms with E-state index in [9.17, 15) is 4.79 Å². The van der Waals surface area contributed by atoms with E-state index in [0.717, 1.165) is 48.3 Å². The van der Waals surface area contributed by atoms with Gasteiger partial charge in [-0.1, -0.05) is 81.5 Å². The molecule has 4 rings (SSSR count). The SMILES string of the molecule is CC(C)CCC[C@@H](C)[C@@H]1CC[C@@H]2[C@H]3CC=C4C[C@@H](OC(=O)C(C)(C)Br)CC[C@]4(C)[C@@H]3CC[C@@]21C. The third kappa shape index (κ3) is 4.95. The van der Waals surface area contributed by atoms with Gasteiger partial charge in [0.25, 0.3) is 0 Å². The molecule has 0 amide bonds. The molecule has 0 radical (unpaired) electrons. The molecule has 3 saturated carbocycles. The molecule has 0 aliphatic heterocycles. The summed E-state index contributed by atoms with van der Waals surface area (Å²) in [5, 5.41) is 0. The maximum absolute atomic E-state index is 12.5. The van der Waals surface area contributed by atoms with Gasteiger partial charge < -0.3 is 4.74 Å². The summed E-state index contributed by atoms with van der Waals surface area (Å²) in [5.74, 6) is 5.10. The highest BCUT2D eigenvalue weighted by atomic mass is 79.9. The van der Waals surface area contributed by atoms with Gasteiger partial charge in [-0.3, -0.25) is 4.79 Å². The highest BCUT2D eigenvalue weighted by molar-refractivity contribution is 9.10. The zero-order chi connectivity index (χ0) is 24.9. The highest BCUT2D eigenvalue weighted by Crippen LogP contribution is 2.67. The molecule has 0 spiro atoms. The van der Waals surface area contributed by atoms with Crippen LogP contribution in [0.15, 0.2) is 11.6 Å². The molecular weight excluding hydrogens is 484 g/mol. The molecule has 0 heterocycles. The first-order valence-electron chi connectivity index (χ1n) is 14.5. The van der Waals surface area contributed by atoms with Gasteiger partial charge >= 0.3 is 5.97 Å². The Kier molecular flexibility index (Phi) is 7.76. The maximum Gasteiger partial charge on any atom is 0.322 e. The lowest BCUT2D eigenvalue weighted by Crippen LogP contribution is -2.51. The second-order valence-electron chi connectivity index (χ2n) is 14.0. The van der Waals surface area contributed by atoms with Crippen LogP contribution in [0, 0.1) is 46.3 Å². The van der Waals surface area contributed by atoms with Crippen molar-refractivity contribution < 1.29 is 9.53 Å². The first-order valence-corrected chi connectivity index (χ1v) is 15.2. The van der Waals surface area contributed by atoms with Gasteiger partial charge in [-0.2, -0.15) is 0 Å². The van der Waals surface area contributed by atoms with Gasteiger partial charge in [0.2, 0.25) is 0 Å². The molecular formula is C31H51BrO2. The zero-order valence-electron chi connectivity index (χ0n) is 23.1. The van der Waals surface area contributed by atoms with Crippen LogP contribution < -0.4 is 0 Å². The molecule has 34 heavy (non-hydrogen) atoms. The van der Waals surface area contributed by atoms with Crippen molar-refractivity contribution in [2.45, 2.75) is 130 Å². The van der Waals surface area contributed by atoms with Gasteiger partial charge in [0.05, 0.1) is 0 Å². The molecule has 3 fully saturated rings. The Labute approximate surface area is 218 Å². The van der Waals surface area contributed by atoms with Gasteiger partial charge in [0, 0.05) is 6.42 Å². The largest absolute Gasteiger partial charge is 0.461 e. The number of halogens is 1. The van der Waals surface area contributed by atoms with Crippen LogP contribution in [0.3, 0.4) is 0 Å². The monoisotopic (exact) mass is 534 g/mol. The molecule has 194 valence electrons. The van der Waals surface area contributed by atoms with Crippen molar-refractivity contribution in [1.29, 1.82) is 0 Å². The molecule has 0 N–H and O–H groups in total. The normalized spacial score (nSPS) is 40.7. The fraction of sp³-hybridized carbons (Fsp3) is 0.903. The molecule has 4 aliphatic rings. The van der Waals surface area contributed by atoms with E-state index in [1.807, 2.05) is 13.8 Å².